The average molecular weight is 534 g/mol. The van der Waals surface area contributed by atoms with E-state index in [9.17, 15) is 0 Å². The zero-order chi connectivity index (χ0) is 26.3. The molecule has 39 heavy (non-hydrogen) atoms. The fourth-order valence-electron chi connectivity index (χ4n) is 5.75. The third-order valence-corrected chi connectivity index (χ3v) is 7.95. The van der Waals surface area contributed by atoms with E-state index in [0.29, 0.717) is 18.6 Å². The van der Waals surface area contributed by atoms with Gasteiger partial charge in [-0.3, -0.25) is 9.88 Å². The SMILES string of the molecule is c1cnc2c(O[C@H]3CC[C@@H](Nc4ncc(OCCN5CCCCC5)cn4)CC3)cc(N3CCOCC3)cc2n1. The van der Waals surface area contributed by atoms with E-state index in [1.165, 1.54) is 32.4 Å². The number of fused-ring (bicyclic) bond motifs is 1. The van der Waals surface area contributed by atoms with Gasteiger partial charge < -0.3 is 24.4 Å². The number of hydrogen-bond acceptors (Lipinski definition) is 10. The molecule has 10 heteroatoms. The number of nitrogens with one attached hydrogen (secondary N) is 1. The van der Waals surface area contributed by atoms with Crippen LogP contribution in [0.4, 0.5) is 11.6 Å². The maximum absolute atomic E-state index is 6.56. The minimum atomic E-state index is 0.143. The molecule has 2 aromatic heterocycles. The Bertz CT molecular complexity index is 1190. The fraction of sp³-hybridized carbons (Fsp3) is 0.586. The summed E-state index contributed by atoms with van der Waals surface area (Å²) in [5.41, 5.74) is 2.80. The third-order valence-electron chi connectivity index (χ3n) is 7.95. The molecule has 3 aromatic rings. The van der Waals surface area contributed by atoms with Crippen molar-refractivity contribution < 1.29 is 14.2 Å². The Morgan fingerprint density at radius 3 is 2.44 bits per heavy atom. The highest BCUT2D eigenvalue weighted by molar-refractivity contribution is 5.85. The first-order chi connectivity index (χ1) is 19.3. The van der Waals surface area contributed by atoms with E-state index in [2.05, 4.69) is 47.2 Å². The smallest absolute Gasteiger partial charge is 0.223 e. The van der Waals surface area contributed by atoms with Crippen molar-refractivity contribution in [1.82, 2.24) is 24.8 Å². The summed E-state index contributed by atoms with van der Waals surface area (Å²) in [6, 6.07) is 4.55. The number of anilines is 2. The highest BCUT2D eigenvalue weighted by atomic mass is 16.5. The van der Waals surface area contributed by atoms with Crippen LogP contribution < -0.4 is 19.7 Å². The highest BCUT2D eigenvalue weighted by Crippen LogP contribution is 2.33. The van der Waals surface area contributed by atoms with Crippen molar-refractivity contribution in [2.24, 2.45) is 0 Å². The van der Waals surface area contributed by atoms with Gasteiger partial charge in [0.15, 0.2) is 5.75 Å². The summed E-state index contributed by atoms with van der Waals surface area (Å²) in [7, 11) is 0. The largest absolute Gasteiger partial charge is 0.489 e. The average Bonchev–Trinajstić information content (AvgIpc) is 3.00. The Morgan fingerprint density at radius 1 is 0.872 bits per heavy atom. The first-order valence-electron chi connectivity index (χ1n) is 14.5. The predicted molar refractivity (Wildman–Crippen MR) is 151 cm³/mol. The van der Waals surface area contributed by atoms with Gasteiger partial charge in [-0.15, -0.1) is 0 Å². The topological polar surface area (TPSA) is 97.8 Å². The van der Waals surface area contributed by atoms with E-state index in [0.717, 1.165) is 86.8 Å². The lowest BCUT2D eigenvalue weighted by Gasteiger charge is -2.31. The summed E-state index contributed by atoms with van der Waals surface area (Å²) in [5.74, 6) is 2.20. The quantitative estimate of drug-likeness (QED) is 0.436. The molecule has 3 aliphatic rings. The van der Waals surface area contributed by atoms with Crippen molar-refractivity contribution in [2.75, 3.05) is 62.8 Å². The number of benzene rings is 1. The van der Waals surface area contributed by atoms with Crippen molar-refractivity contribution >= 4 is 22.7 Å². The molecule has 2 aliphatic heterocycles. The molecule has 1 N–H and O–H groups in total. The Morgan fingerprint density at radius 2 is 1.64 bits per heavy atom. The highest BCUT2D eigenvalue weighted by Gasteiger charge is 2.25. The van der Waals surface area contributed by atoms with Crippen molar-refractivity contribution in [3.05, 3.63) is 36.9 Å². The lowest BCUT2D eigenvalue weighted by atomic mass is 9.93. The summed E-state index contributed by atoms with van der Waals surface area (Å²) in [5, 5.41) is 3.50. The Hall–Kier alpha value is -3.24. The van der Waals surface area contributed by atoms with Crippen molar-refractivity contribution in [1.29, 1.82) is 0 Å². The van der Waals surface area contributed by atoms with Crippen LogP contribution in [0.3, 0.4) is 0 Å². The maximum Gasteiger partial charge on any atom is 0.223 e. The van der Waals surface area contributed by atoms with Gasteiger partial charge >= 0.3 is 0 Å². The molecule has 4 heterocycles. The number of likely N-dealkylation sites (tertiary alicyclic amines) is 1. The lowest BCUT2D eigenvalue weighted by molar-refractivity contribution is 0.122. The molecular weight excluding hydrogens is 494 g/mol. The van der Waals surface area contributed by atoms with Gasteiger partial charge in [-0.25, -0.2) is 15.0 Å². The van der Waals surface area contributed by atoms with Gasteiger partial charge in [0.25, 0.3) is 0 Å². The zero-order valence-corrected chi connectivity index (χ0v) is 22.6. The normalized spacial score (nSPS) is 22.5. The van der Waals surface area contributed by atoms with Gasteiger partial charge in [-0.05, 0) is 57.7 Å². The van der Waals surface area contributed by atoms with Crippen LogP contribution in [-0.2, 0) is 4.74 Å². The van der Waals surface area contributed by atoms with Crippen molar-refractivity contribution in [3.63, 3.8) is 0 Å². The van der Waals surface area contributed by atoms with Gasteiger partial charge in [0.1, 0.15) is 17.9 Å². The van der Waals surface area contributed by atoms with E-state index in [-0.39, 0.29) is 6.10 Å². The molecule has 3 fully saturated rings. The molecule has 0 spiro atoms. The third kappa shape index (κ3) is 6.86. The second-order valence-corrected chi connectivity index (χ2v) is 10.7. The Balaban J connectivity index is 0.996. The molecule has 6 rings (SSSR count). The molecule has 0 unspecified atom stereocenters. The molecule has 0 atom stereocenters. The summed E-state index contributed by atoms with van der Waals surface area (Å²) in [4.78, 5) is 22.9. The fourth-order valence-corrected chi connectivity index (χ4v) is 5.75. The molecule has 0 radical (unpaired) electrons. The predicted octanol–water partition coefficient (Wildman–Crippen LogP) is 3.92. The summed E-state index contributed by atoms with van der Waals surface area (Å²) >= 11 is 0. The number of piperidine rings is 1. The second-order valence-electron chi connectivity index (χ2n) is 10.7. The van der Waals surface area contributed by atoms with Crippen LogP contribution in [0.2, 0.25) is 0 Å². The van der Waals surface area contributed by atoms with Crippen LogP contribution in [0.1, 0.15) is 44.9 Å². The van der Waals surface area contributed by atoms with Crippen molar-refractivity contribution in [2.45, 2.75) is 57.1 Å². The van der Waals surface area contributed by atoms with Gasteiger partial charge in [-0.1, -0.05) is 6.42 Å². The van der Waals surface area contributed by atoms with Crippen LogP contribution in [0.5, 0.6) is 11.5 Å². The van der Waals surface area contributed by atoms with Crippen LogP contribution in [0.25, 0.3) is 11.0 Å². The molecule has 1 aromatic carbocycles. The van der Waals surface area contributed by atoms with Gasteiger partial charge in [-0.2, -0.15) is 0 Å². The first-order valence-corrected chi connectivity index (χ1v) is 14.5. The van der Waals surface area contributed by atoms with Gasteiger partial charge in [0, 0.05) is 49.8 Å². The summed E-state index contributed by atoms with van der Waals surface area (Å²) in [6.45, 7) is 7.23. The molecule has 2 saturated heterocycles. The lowest BCUT2D eigenvalue weighted by Crippen LogP contribution is -2.36. The van der Waals surface area contributed by atoms with E-state index in [1.807, 2.05) is 0 Å². The Kier molecular flexibility index (Phi) is 8.50. The van der Waals surface area contributed by atoms with Crippen LogP contribution in [0.15, 0.2) is 36.9 Å². The van der Waals surface area contributed by atoms with Gasteiger partial charge in [0.05, 0.1) is 37.2 Å². The second kappa shape index (κ2) is 12.7. The maximum atomic E-state index is 6.56. The zero-order valence-electron chi connectivity index (χ0n) is 22.6. The molecule has 0 bridgehead atoms. The molecule has 208 valence electrons. The van der Waals surface area contributed by atoms with Crippen LogP contribution in [-0.4, -0.2) is 89.5 Å². The first kappa shape index (κ1) is 26.0. The van der Waals surface area contributed by atoms with Crippen LogP contribution >= 0.6 is 0 Å². The number of hydrogen-bond donors (Lipinski definition) is 1. The van der Waals surface area contributed by atoms with Crippen LogP contribution in [0, 0.1) is 0 Å². The minimum absolute atomic E-state index is 0.143. The number of morpholine rings is 1. The standard InChI is InChI=1S/C29H39N7O3/c1-2-10-35(11-3-1)12-17-38-25-20-32-29(33-21-25)34-22-4-6-24(7-5-22)39-27-19-23(36-13-15-37-16-14-36)18-26-28(27)31-9-8-30-26/h8-9,18-22,24H,1-7,10-17H2,(H,32,33,34)/t22-,24+. The van der Waals surface area contributed by atoms with Gasteiger partial charge in [0.2, 0.25) is 5.95 Å². The van der Waals surface area contributed by atoms with E-state index < -0.39 is 0 Å². The molecule has 1 aliphatic carbocycles. The molecule has 1 saturated carbocycles. The molecular formula is C29H39N7O3. The van der Waals surface area contributed by atoms with E-state index >= 15 is 0 Å². The minimum Gasteiger partial charge on any atom is -0.489 e. The molecule has 0 amide bonds. The van der Waals surface area contributed by atoms with Crippen molar-refractivity contribution in [3.8, 4) is 11.5 Å². The van der Waals surface area contributed by atoms with E-state index in [4.69, 9.17) is 14.2 Å². The summed E-state index contributed by atoms with van der Waals surface area (Å²) in [6.07, 6.45) is 15.0. The molecule has 10 nitrogen and oxygen atoms in total. The van der Waals surface area contributed by atoms with E-state index in [1.54, 1.807) is 24.8 Å². The Labute approximate surface area is 230 Å². The monoisotopic (exact) mass is 533 g/mol. The summed E-state index contributed by atoms with van der Waals surface area (Å²) < 4.78 is 18.0. The number of rotatable bonds is 9. The number of nitrogens with zero attached hydrogens (tertiary/aromatic N) is 6. The number of aromatic nitrogens is 4. The number of ether oxygens (including phenoxy) is 3.